The number of hydrogen-bond donors (Lipinski definition) is 2. The van der Waals surface area contributed by atoms with Crippen molar-refractivity contribution >= 4 is 0 Å². The largest absolute Gasteiger partial charge is 0.394 e. The second-order valence-electron chi connectivity index (χ2n) is 4.29. The van der Waals surface area contributed by atoms with Crippen LogP contribution in [0.1, 0.15) is 32.1 Å². The molecule has 1 atom stereocenters. The molecule has 13 heavy (non-hydrogen) atoms. The van der Waals surface area contributed by atoms with E-state index >= 15 is 0 Å². The molecule has 2 rings (SSSR count). The molecule has 0 spiro atoms. The van der Waals surface area contributed by atoms with E-state index in [-0.39, 0.29) is 5.54 Å². The lowest BCUT2D eigenvalue weighted by molar-refractivity contribution is 0.102. The number of rotatable bonds is 5. The van der Waals surface area contributed by atoms with Crippen LogP contribution in [-0.4, -0.2) is 36.5 Å². The predicted octanol–water partition coefficient (Wildman–Crippen LogP) is 0.670. The number of hydrogen-bond acceptors (Lipinski definition) is 3. The molecule has 1 unspecified atom stereocenters. The van der Waals surface area contributed by atoms with Crippen molar-refractivity contribution < 1.29 is 9.84 Å². The smallest absolute Gasteiger partial charge is 0.0613 e. The Bertz CT molecular complexity index is 162. The van der Waals surface area contributed by atoms with Gasteiger partial charge in [0.1, 0.15) is 0 Å². The molecule has 1 heterocycles. The Balaban J connectivity index is 1.58. The van der Waals surface area contributed by atoms with E-state index in [0.29, 0.717) is 12.7 Å². The van der Waals surface area contributed by atoms with Crippen molar-refractivity contribution in [2.45, 2.75) is 43.7 Å². The molecule has 0 radical (unpaired) electrons. The Hall–Kier alpha value is -0.120. The van der Waals surface area contributed by atoms with E-state index in [1.165, 1.54) is 12.8 Å². The van der Waals surface area contributed by atoms with Crippen molar-refractivity contribution in [2.24, 2.45) is 0 Å². The standard InChI is InChI=1S/C10H19NO2/c12-8-10(4-5-10)11-6-3-9-2-1-7-13-9/h9,11-12H,1-8H2. The molecule has 76 valence electrons. The SMILES string of the molecule is OCC1(NCCC2CCCO2)CC1. The molecule has 0 amide bonds. The zero-order valence-electron chi connectivity index (χ0n) is 8.09. The van der Waals surface area contributed by atoms with Gasteiger partial charge >= 0.3 is 0 Å². The van der Waals surface area contributed by atoms with Gasteiger partial charge in [-0.05, 0) is 38.6 Å². The Morgan fingerprint density at radius 1 is 1.46 bits per heavy atom. The normalized spacial score (nSPS) is 30.7. The maximum atomic E-state index is 9.05. The van der Waals surface area contributed by atoms with Crippen molar-refractivity contribution in [3.05, 3.63) is 0 Å². The predicted molar refractivity (Wildman–Crippen MR) is 50.6 cm³/mol. The zero-order chi connectivity index (χ0) is 9.15. The summed E-state index contributed by atoms with van der Waals surface area (Å²) in [5, 5.41) is 12.5. The first-order chi connectivity index (χ1) is 6.35. The summed E-state index contributed by atoms with van der Waals surface area (Å²) in [6.07, 6.45) is 6.28. The number of aliphatic hydroxyl groups is 1. The molecule has 0 aromatic rings. The topological polar surface area (TPSA) is 41.5 Å². The van der Waals surface area contributed by atoms with E-state index in [0.717, 1.165) is 32.4 Å². The molecule has 0 aromatic carbocycles. The van der Waals surface area contributed by atoms with Crippen molar-refractivity contribution in [1.82, 2.24) is 5.32 Å². The van der Waals surface area contributed by atoms with Gasteiger partial charge in [-0.1, -0.05) is 0 Å². The van der Waals surface area contributed by atoms with E-state index in [2.05, 4.69) is 5.32 Å². The van der Waals surface area contributed by atoms with Gasteiger partial charge in [-0.15, -0.1) is 0 Å². The third-order valence-corrected chi connectivity index (χ3v) is 3.15. The lowest BCUT2D eigenvalue weighted by atomic mass is 10.2. The van der Waals surface area contributed by atoms with Gasteiger partial charge in [0.15, 0.2) is 0 Å². The van der Waals surface area contributed by atoms with E-state index in [1.807, 2.05) is 0 Å². The fraction of sp³-hybridized carbons (Fsp3) is 1.00. The summed E-state index contributed by atoms with van der Waals surface area (Å²) >= 11 is 0. The molecule has 2 aliphatic rings. The van der Waals surface area contributed by atoms with E-state index in [4.69, 9.17) is 9.84 Å². The van der Waals surface area contributed by atoms with Crippen molar-refractivity contribution in [3.63, 3.8) is 0 Å². The minimum absolute atomic E-state index is 0.0958. The minimum atomic E-state index is 0.0958. The van der Waals surface area contributed by atoms with Crippen LogP contribution in [0.4, 0.5) is 0 Å². The molecule has 1 saturated carbocycles. The summed E-state index contributed by atoms with van der Waals surface area (Å²) in [5.74, 6) is 0. The van der Waals surface area contributed by atoms with Crippen LogP contribution in [0.25, 0.3) is 0 Å². The molecular formula is C10H19NO2. The summed E-state index contributed by atoms with van der Waals surface area (Å²) in [6, 6.07) is 0. The summed E-state index contributed by atoms with van der Waals surface area (Å²) in [6.45, 7) is 2.22. The van der Waals surface area contributed by atoms with Crippen LogP contribution >= 0.6 is 0 Å². The summed E-state index contributed by atoms with van der Waals surface area (Å²) < 4.78 is 5.52. The van der Waals surface area contributed by atoms with Gasteiger partial charge < -0.3 is 15.2 Å². The molecule has 3 nitrogen and oxygen atoms in total. The summed E-state index contributed by atoms with van der Waals surface area (Å²) in [4.78, 5) is 0. The summed E-state index contributed by atoms with van der Waals surface area (Å²) in [5.41, 5.74) is 0.0958. The highest BCUT2D eigenvalue weighted by molar-refractivity contribution is 5.01. The van der Waals surface area contributed by atoms with E-state index < -0.39 is 0 Å². The Labute approximate surface area is 79.5 Å². The number of ether oxygens (including phenoxy) is 1. The number of nitrogens with one attached hydrogen (secondary N) is 1. The van der Waals surface area contributed by atoms with Gasteiger partial charge in [0.05, 0.1) is 12.7 Å². The zero-order valence-corrected chi connectivity index (χ0v) is 8.09. The van der Waals surface area contributed by atoms with Crippen LogP contribution in [0.3, 0.4) is 0 Å². The lowest BCUT2D eigenvalue weighted by Crippen LogP contribution is -2.36. The highest BCUT2D eigenvalue weighted by atomic mass is 16.5. The van der Waals surface area contributed by atoms with Crippen molar-refractivity contribution in [2.75, 3.05) is 19.8 Å². The first-order valence-electron chi connectivity index (χ1n) is 5.32. The average molecular weight is 185 g/mol. The second kappa shape index (κ2) is 3.95. The van der Waals surface area contributed by atoms with Crippen molar-refractivity contribution in [1.29, 1.82) is 0 Å². The maximum Gasteiger partial charge on any atom is 0.0613 e. The average Bonchev–Trinajstić information content (AvgIpc) is 2.74. The van der Waals surface area contributed by atoms with E-state index in [1.54, 1.807) is 0 Å². The molecular weight excluding hydrogens is 166 g/mol. The Morgan fingerprint density at radius 3 is 2.85 bits per heavy atom. The van der Waals surface area contributed by atoms with Gasteiger partial charge in [0, 0.05) is 12.1 Å². The van der Waals surface area contributed by atoms with Gasteiger partial charge in [-0.25, -0.2) is 0 Å². The quantitative estimate of drug-likeness (QED) is 0.661. The van der Waals surface area contributed by atoms with Crippen LogP contribution in [0.5, 0.6) is 0 Å². The molecule has 2 fully saturated rings. The molecule has 1 aliphatic carbocycles. The summed E-state index contributed by atoms with van der Waals surface area (Å²) in [7, 11) is 0. The van der Waals surface area contributed by atoms with E-state index in [9.17, 15) is 0 Å². The first kappa shape index (κ1) is 9.44. The third kappa shape index (κ3) is 2.42. The number of aliphatic hydroxyl groups excluding tert-OH is 1. The molecule has 3 heteroatoms. The van der Waals surface area contributed by atoms with Gasteiger partial charge in [-0.3, -0.25) is 0 Å². The van der Waals surface area contributed by atoms with Crippen LogP contribution in [0.15, 0.2) is 0 Å². The molecule has 1 aliphatic heterocycles. The van der Waals surface area contributed by atoms with Crippen LogP contribution in [0.2, 0.25) is 0 Å². The monoisotopic (exact) mass is 185 g/mol. The maximum absolute atomic E-state index is 9.05. The third-order valence-electron chi connectivity index (χ3n) is 3.15. The minimum Gasteiger partial charge on any atom is -0.394 e. The van der Waals surface area contributed by atoms with Gasteiger partial charge in [0.2, 0.25) is 0 Å². The van der Waals surface area contributed by atoms with Gasteiger partial charge in [0.25, 0.3) is 0 Å². The van der Waals surface area contributed by atoms with Crippen LogP contribution in [-0.2, 0) is 4.74 Å². The first-order valence-corrected chi connectivity index (χ1v) is 5.32. The lowest BCUT2D eigenvalue weighted by Gasteiger charge is -2.15. The Morgan fingerprint density at radius 2 is 2.31 bits per heavy atom. The Kier molecular flexibility index (Phi) is 2.86. The van der Waals surface area contributed by atoms with Crippen LogP contribution in [0, 0.1) is 0 Å². The van der Waals surface area contributed by atoms with Gasteiger partial charge in [-0.2, -0.15) is 0 Å². The van der Waals surface area contributed by atoms with Crippen LogP contribution < -0.4 is 5.32 Å². The fourth-order valence-corrected chi connectivity index (χ4v) is 1.91. The molecule has 0 aromatic heterocycles. The van der Waals surface area contributed by atoms with Crippen molar-refractivity contribution in [3.8, 4) is 0 Å². The highest BCUT2D eigenvalue weighted by Gasteiger charge is 2.41. The molecule has 2 N–H and O–H groups in total. The highest BCUT2D eigenvalue weighted by Crippen LogP contribution is 2.34. The fourth-order valence-electron chi connectivity index (χ4n) is 1.91. The molecule has 0 bridgehead atoms. The second-order valence-corrected chi connectivity index (χ2v) is 4.29. The molecule has 1 saturated heterocycles.